The molecule has 1 atom stereocenters. The molecule has 0 N–H and O–H groups in total. The number of benzene rings is 2. The summed E-state index contributed by atoms with van der Waals surface area (Å²) in [5.41, 5.74) is 2.42. The molecule has 0 fully saturated rings. The smallest absolute Gasteiger partial charge is 0.198 e. The zero-order valence-electron chi connectivity index (χ0n) is 11.4. The van der Waals surface area contributed by atoms with Gasteiger partial charge < -0.3 is 0 Å². The average Bonchev–Trinajstić information content (AvgIpc) is 2.39. The second-order valence-corrected chi connectivity index (χ2v) is 6.82. The molecule has 0 aliphatic heterocycles. The van der Waals surface area contributed by atoms with Crippen LogP contribution in [0.2, 0.25) is 0 Å². The van der Waals surface area contributed by atoms with Crippen molar-refractivity contribution in [2.45, 2.75) is 24.0 Å². The van der Waals surface area contributed by atoms with Gasteiger partial charge in [-0.25, -0.2) is 8.42 Å². The van der Waals surface area contributed by atoms with Crippen LogP contribution in [0.3, 0.4) is 0 Å². The molecule has 3 nitrogen and oxygen atoms in total. The molecule has 0 heterocycles. The number of sulfone groups is 1. The molecule has 0 radical (unpaired) electrons. The number of aryl methyl sites for hydroxylation is 2. The standard InChI is InChI=1S/C16H15NO2S/c1-12-8-13(2)10-14(9-12)16(11-17)20(18,19)15-6-4-3-5-7-15/h3-10,16H,1-2H3. The van der Waals surface area contributed by atoms with Crippen LogP contribution in [-0.4, -0.2) is 8.42 Å². The van der Waals surface area contributed by atoms with Crippen molar-refractivity contribution in [3.05, 3.63) is 65.2 Å². The lowest BCUT2D eigenvalue weighted by atomic mass is 10.1. The van der Waals surface area contributed by atoms with Gasteiger partial charge in [0.15, 0.2) is 15.1 Å². The molecule has 1 unspecified atom stereocenters. The van der Waals surface area contributed by atoms with Gasteiger partial charge in [0.25, 0.3) is 0 Å². The quantitative estimate of drug-likeness (QED) is 0.869. The van der Waals surface area contributed by atoms with Crippen LogP contribution >= 0.6 is 0 Å². The summed E-state index contributed by atoms with van der Waals surface area (Å²) in [5, 5.41) is 8.15. The van der Waals surface area contributed by atoms with E-state index in [4.69, 9.17) is 0 Å². The van der Waals surface area contributed by atoms with Gasteiger partial charge in [-0.15, -0.1) is 0 Å². The van der Waals surface area contributed by atoms with Crippen LogP contribution in [0.15, 0.2) is 53.4 Å². The molecule has 0 bridgehead atoms. The van der Waals surface area contributed by atoms with E-state index in [9.17, 15) is 13.7 Å². The van der Waals surface area contributed by atoms with Gasteiger partial charge in [0.1, 0.15) is 0 Å². The van der Waals surface area contributed by atoms with Gasteiger partial charge in [0.05, 0.1) is 11.0 Å². The number of rotatable bonds is 3. The van der Waals surface area contributed by atoms with E-state index in [0.29, 0.717) is 5.56 Å². The fourth-order valence-corrected chi connectivity index (χ4v) is 3.67. The van der Waals surface area contributed by atoms with E-state index in [1.165, 1.54) is 12.1 Å². The Balaban J connectivity index is 2.56. The summed E-state index contributed by atoms with van der Waals surface area (Å²) in [5.74, 6) is 0. The molecule has 0 aliphatic carbocycles. The van der Waals surface area contributed by atoms with Crippen LogP contribution in [0.25, 0.3) is 0 Å². The van der Waals surface area contributed by atoms with Crippen molar-refractivity contribution < 1.29 is 8.42 Å². The van der Waals surface area contributed by atoms with Crippen LogP contribution in [-0.2, 0) is 9.84 Å². The Morgan fingerprint density at radius 1 is 1.00 bits per heavy atom. The van der Waals surface area contributed by atoms with Crippen LogP contribution in [0.4, 0.5) is 0 Å². The third kappa shape index (κ3) is 2.73. The topological polar surface area (TPSA) is 57.9 Å². The van der Waals surface area contributed by atoms with Crippen molar-refractivity contribution >= 4 is 9.84 Å². The summed E-state index contributed by atoms with van der Waals surface area (Å²) in [6, 6.07) is 15.5. The van der Waals surface area contributed by atoms with Crippen molar-refractivity contribution in [3.63, 3.8) is 0 Å². The van der Waals surface area contributed by atoms with Crippen LogP contribution in [0, 0.1) is 25.2 Å². The normalized spacial score (nSPS) is 12.7. The predicted octanol–water partition coefficient (Wildman–Crippen LogP) is 3.34. The van der Waals surface area contributed by atoms with E-state index in [0.717, 1.165) is 11.1 Å². The Hall–Kier alpha value is -2.12. The molecule has 0 saturated heterocycles. The Bertz CT molecular complexity index is 739. The molecule has 0 amide bonds. The summed E-state index contributed by atoms with van der Waals surface area (Å²) in [6.45, 7) is 3.78. The molecule has 0 spiro atoms. The highest BCUT2D eigenvalue weighted by Crippen LogP contribution is 2.29. The third-order valence-corrected chi connectivity index (χ3v) is 4.97. The predicted molar refractivity (Wildman–Crippen MR) is 77.9 cm³/mol. The lowest BCUT2D eigenvalue weighted by Crippen LogP contribution is -2.12. The molecular formula is C16H15NO2S. The van der Waals surface area contributed by atoms with Gasteiger partial charge in [-0.2, -0.15) is 5.26 Å². The van der Waals surface area contributed by atoms with Gasteiger partial charge in [-0.05, 0) is 31.5 Å². The highest BCUT2D eigenvalue weighted by Gasteiger charge is 2.29. The second kappa shape index (κ2) is 5.48. The third-order valence-electron chi connectivity index (χ3n) is 3.05. The maximum atomic E-state index is 12.6. The van der Waals surface area contributed by atoms with Crippen LogP contribution in [0.1, 0.15) is 21.9 Å². The highest BCUT2D eigenvalue weighted by atomic mass is 32.2. The van der Waals surface area contributed by atoms with Gasteiger partial charge in [-0.1, -0.05) is 47.5 Å². The van der Waals surface area contributed by atoms with Crippen molar-refractivity contribution in [1.82, 2.24) is 0 Å². The summed E-state index contributed by atoms with van der Waals surface area (Å²) in [7, 11) is -3.70. The molecule has 2 rings (SSSR count). The van der Waals surface area contributed by atoms with Crippen LogP contribution in [0.5, 0.6) is 0 Å². The van der Waals surface area contributed by atoms with Gasteiger partial charge >= 0.3 is 0 Å². The van der Waals surface area contributed by atoms with Gasteiger partial charge in [0, 0.05) is 0 Å². The summed E-state index contributed by atoms with van der Waals surface area (Å²) < 4.78 is 25.1. The van der Waals surface area contributed by atoms with E-state index in [1.54, 1.807) is 30.3 Å². The van der Waals surface area contributed by atoms with Crippen molar-refractivity contribution in [2.24, 2.45) is 0 Å². The zero-order chi connectivity index (χ0) is 14.8. The van der Waals surface area contributed by atoms with E-state index in [1.807, 2.05) is 26.0 Å². The van der Waals surface area contributed by atoms with E-state index in [-0.39, 0.29) is 4.90 Å². The van der Waals surface area contributed by atoms with Crippen molar-refractivity contribution in [1.29, 1.82) is 5.26 Å². The minimum absolute atomic E-state index is 0.172. The minimum Gasteiger partial charge on any atom is -0.222 e. The van der Waals surface area contributed by atoms with Gasteiger partial charge in [0.2, 0.25) is 0 Å². The number of nitriles is 1. The first kappa shape index (κ1) is 14.3. The first-order valence-corrected chi connectivity index (χ1v) is 7.76. The Morgan fingerprint density at radius 2 is 1.55 bits per heavy atom. The zero-order valence-corrected chi connectivity index (χ0v) is 12.2. The second-order valence-electron chi connectivity index (χ2n) is 4.79. The first-order valence-electron chi connectivity index (χ1n) is 6.22. The Kier molecular flexibility index (Phi) is 3.91. The van der Waals surface area contributed by atoms with Crippen LogP contribution < -0.4 is 0 Å². The minimum atomic E-state index is -3.70. The lowest BCUT2D eigenvalue weighted by molar-refractivity contribution is 0.591. The number of nitrogens with zero attached hydrogens (tertiary/aromatic N) is 1. The molecular weight excluding hydrogens is 270 g/mol. The summed E-state index contributed by atoms with van der Waals surface area (Å²) >= 11 is 0. The maximum Gasteiger partial charge on any atom is 0.198 e. The lowest BCUT2D eigenvalue weighted by Gasteiger charge is -2.12. The van der Waals surface area contributed by atoms with E-state index in [2.05, 4.69) is 0 Å². The molecule has 102 valence electrons. The summed E-state index contributed by atoms with van der Waals surface area (Å²) in [4.78, 5) is 0.172. The average molecular weight is 285 g/mol. The largest absolute Gasteiger partial charge is 0.222 e. The fraction of sp³-hybridized carbons (Fsp3) is 0.188. The summed E-state index contributed by atoms with van der Waals surface area (Å²) in [6.07, 6.45) is 0. The molecule has 2 aromatic rings. The fourth-order valence-electron chi connectivity index (χ4n) is 2.23. The molecule has 4 heteroatoms. The maximum absolute atomic E-state index is 12.6. The molecule has 0 aromatic heterocycles. The monoisotopic (exact) mass is 285 g/mol. The van der Waals surface area contributed by atoms with Crippen molar-refractivity contribution in [3.8, 4) is 6.07 Å². The van der Waals surface area contributed by atoms with E-state index >= 15 is 0 Å². The van der Waals surface area contributed by atoms with E-state index < -0.39 is 15.1 Å². The van der Waals surface area contributed by atoms with Crippen molar-refractivity contribution in [2.75, 3.05) is 0 Å². The SMILES string of the molecule is Cc1cc(C)cc(C(C#N)S(=O)(=O)c2ccccc2)c1. The number of hydrogen-bond donors (Lipinski definition) is 0. The molecule has 20 heavy (non-hydrogen) atoms. The molecule has 2 aromatic carbocycles. The van der Waals surface area contributed by atoms with Gasteiger partial charge in [-0.3, -0.25) is 0 Å². The Morgan fingerprint density at radius 3 is 2.05 bits per heavy atom. The number of hydrogen-bond acceptors (Lipinski definition) is 3. The molecule has 0 aliphatic rings. The first-order chi connectivity index (χ1) is 9.45. The highest BCUT2D eigenvalue weighted by molar-refractivity contribution is 7.92. The molecule has 0 saturated carbocycles. The Labute approximate surface area is 119 Å².